The minimum Gasteiger partial charge on any atom is -1.00 e. The topological polar surface area (TPSA) is 36.9 Å². The van der Waals surface area contributed by atoms with Crippen LogP contribution in [0, 0.1) is 0 Å². The zero-order valence-electron chi connectivity index (χ0n) is 8.79. The predicted octanol–water partition coefficient (Wildman–Crippen LogP) is 0.663. The van der Waals surface area contributed by atoms with Gasteiger partial charge in [-0.25, -0.2) is 0 Å². The summed E-state index contributed by atoms with van der Waals surface area (Å²) >= 11 is 11.8. The Morgan fingerprint density at radius 3 is 2.18 bits per heavy atom. The van der Waals surface area contributed by atoms with Crippen molar-refractivity contribution in [3.05, 3.63) is 52.5 Å². The van der Waals surface area contributed by atoms with Crippen LogP contribution in [0.5, 0.6) is 11.5 Å². The maximum Gasteiger partial charge on any atom is 0.146 e. The van der Waals surface area contributed by atoms with Crippen molar-refractivity contribution in [2.45, 2.75) is 0 Å². The van der Waals surface area contributed by atoms with Crippen molar-refractivity contribution in [3.63, 3.8) is 0 Å². The Hall–Kier alpha value is -0.930. The molecule has 0 spiro atoms. The summed E-state index contributed by atoms with van der Waals surface area (Å²) < 4.78 is 5.60. The van der Waals surface area contributed by atoms with E-state index in [2.05, 4.69) is 5.73 Å². The molecule has 2 rings (SSSR count). The van der Waals surface area contributed by atoms with Gasteiger partial charge in [0.25, 0.3) is 0 Å². The molecule has 0 atom stereocenters. The molecule has 0 amide bonds. The maximum absolute atomic E-state index is 5.99. The van der Waals surface area contributed by atoms with E-state index in [0.29, 0.717) is 15.8 Å². The average Bonchev–Trinajstić information content (AvgIpc) is 2.25. The lowest BCUT2D eigenvalue weighted by molar-refractivity contribution is -0.254. The zero-order chi connectivity index (χ0) is 11.5. The lowest BCUT2D eigenvalue weighted by Gasteiger charge is -2.07. The normalized spacial score (nSPS) is 9.59. The molecule has 0 heterocycles. The summed E-state index contributed by atoms with van der Waals surface area (Å²) in [4.78, 5) is 0. The monoisotopic (exact) mass is 289 g/mol. The molecule has 90 valence electrons. The van der Waals surface area contributed by atoms with Gasteiger partial charge in [-0.2, -0.15) is 0 Å². The fourth-order valence-corrected chi connectivity index (χ4v) is 1.69. The fraction of sp³-hybridized carbons (Fsp3) is 0. The first-order chi connectivity index (χ1) is 7.65. The van der Waals surface area contributed by atoms with E-state index in [1.165, 1.54) is 0 Å². The van der Waals surface area contributed by atoms with Gasteiger partial charge in [0.1, 0.15) is 17.2 Å². The molecule has 0 bridgehead atoms. The highest BCUT2D eigenvalue weighted by atomic mass is 35.5. The number of hydrogen-bond acceptors (Lipinski definition) is 1. The van der Waals surface area contributed by atoms with Crippen LogP contribution in [-0.4, -0.2) is 0 Å². The van der Waals surface area contributed by atoms with Crippen LogP contribution < -0.4 is 22.9 Å². The highest BCUT2D eigenvalue weighted by molar-refractivity contribution is 6.35. The molecular formula is C12H10Cl3NO. The van der Waals surface area contributed by atoms with Crippen molar-refractivity contribution in [1.29, 1.82) is 0 Å². The molecule has 2 aromatic rings. The molecule has 0 saturated heterocycles. The molecule has 0 aliphatic heterocycles. The van der Waals surface area contributed by atoms with Crippen molar-refractivity contribution in [2.24, 2.45) is 0 Å². The van der Waals surface area contributed by atoms with Gasteiger partial charge in [0.05, 0.1) is 5.02 Å². The average molecular weight is 291 g/mol. The van der Waals surface area contributed by atoms with Gasteiger partial charge in [-0.05, 0) is 30.3 Å². The third-order valence-corrected chi connectivity index (χ3v) is 2.58. The van der Waals surface area contributed by atoms with Gasteiger partial charge in [-0.1, -0.05) is 23.2 Å². The van der Waals surface area contributed by atoms with Crippen molar-refractivity contribution in [2.75, 3.05) is 0 Å². The van der Waals surface area contributed by atoms with Crippen molar-refractivity contribution in [3.8, 4) is 11.5 Å². The van der Waals surface area contributed by atoms with Gasteiger partial charge >= 0.3 is 0 Å². The Balaban J connectivity index is 0.00000144. The highest BCUT2D eigenvalue weighted by Crippen LogP contribution is 2.31. The van der Waals surface area contributed by atoms with Crippen LogP contribution in [0.15, 0.2) is 42.5 Å². The molecule has 0 aliphatic carbocycles. The van der Waals surface area contributed by atoms with Gasteiger partial charge in [0.2, 0.25) is 0 Å². The van der Waals surface area contributed by atoms with Crippen molar-refractivity contribution >= 4 is 28.9 Å². The minimum atomic E-state index is 0. The molecule has 0 aromatic heterocycles. The lowest BCUT2D eigenvalue weighted by atomic mass is 10.3. The van der Waals surface area contributed by atoms with E-state index in [0.717, 1.165) is 11.4 Å². The largest absolute Gasteiger partial charge is 1.00 e. The van der Waals surface area contributed by atoms with Gasteiger partial charge in [0.15, 0.2) is 0 Å². The molecular weight excluding hydrogens is 280 g/mol. The number of halogens is 3. The molecule has 0 aliphatic rings. The van der Waals surface area contributed by atoms with Crippen LogP contribution in [0.4, 0.5) is 5.69 Å². The van der Waals surface area contributed by atoms with Gasteiger partial charge in [-0.15, -0.1) is 0 Å². The standard InChI is InChI=1S/C12H9Cl2NO.ClH/c13-8-1-6-12(11(14)7-8)16-10-4-2-9(15)3-5-10;/h1-7H,15H2;1H. The number of benzene rings is 2. The van der Waals surface area contributed by atoms with Crippen LogP contribution in [0.3, 0.4) is 0 Å². The summed E-state index contributed by atoms with van der Waals surface area (Å²) in [6.45, 7) is 0. The van der Waals surface area contributed by atoms with Gasteiger partial charge in [-0.3, -0.25) is 0 Å². The Kier molecular flexibility index (Phi) is 5.09. The minimum absolute atomic E-state index is 0. The second kappa shape index (κ2) is 6.12. The first-order valence-corrected chi connectivity index (χ1v) is 5.46. The summed E-state index contributed by atoms with van der Waals surface area (Å²) in [5, 5.41) is 1.08. The number of rotatable bonds is 2. The highest BCUT2D eigenvalue weighted by Gasteiger charge is 2.03. The van der Waals surface area contributed by atoms with Crippen LogP contribution >= 0.6 is 23.2 Å². The van der Waals surface area contributed by atoms with E-state index in [9.17, 15) is 0 Å². The molecule has 5 heteroatoms. The summed E-state index contributed by atoms with van der Waals surface area (Å²) in [6, 6.07) is 12.5. The Morgan fingerprint density at radius 1 is 0.941 bits per heavy atom. The summed E-state index contributed by atoms with van der Waals surface area (Å²) in [5.41, 5.74) is 4.74. The molecule has 2 nitrogen and oxygen atoms in total. The number of ether oxygens (including phenoxy) is 1. The molecule has 0 fully saturated rings. The van der Waals surface area contributed by atoms with E-state index >= 15 is 0 Å². The third kappa shape index (κ3) is 3.79. The van der Waals surface area contributed by atoms with Crippen molar-refractivity contribution in [1.82, 2.24) is 0 Å². The van der Waals surface area contributed by atoms with Gasteiger partial charge < -0.3 is 22.9 Å². The fourth-order valence-electron chi connectivity index (χ4n) is 1.24. The Bertz CT molecular complexity index is 500. The predicted molar refractivity (Wildman–Crippen MR) is 65.5 cm³/mol. The SMILES string of the molecule is [Cl-].[NH3+]c1ccc(Oc2ccc(Cl)cc2Cl)cc1. The van der Waals surface area contributed by atoms with E-state index in [1.807, 2.05) is 24.3 Å². The maximum atomic E-state index is 5.99. The van der Waals surface area contributed by atoms with E-state index in [1.54, 1.807) is 18.2 Å². The number of quaternary nitrogens is 1. The summed E-state index contributed by atoms with van der Waals surface area (Å²) in [6.07, 6.45) is 0. The second-order valence-corrected chi connectivity index (χ2v) is 4.16. The summed E-state index contributed by atoms with van der Waals surface area (Å²) in [5.74, 6) is 1.31. The van der Waals surface area contributed by atoms with E-state index in [-0.39, 0.29) is 12.4 Å². The molecule has 17 heavy (non-hydrogen) atoms. The van der Waals surface area contributed by atoms with E-state index in [4.69, 9.17) is 27.9 Å². The quantitative estimate of drug-likeness (QED) is 0.867. The Labute approximate surface area is 116 Å². The second-order valence-electron chi connectivity index (χ2n) is 3.32. The van der Waals surface area contributed by atoms with Crippen molar-refractivity contribution < 1.29 is 22.9 Å². The molecule has 0 radical (unpaired) electrons. The lowest BCUT2D eigenvalue weighted by Crippen LogP contribution is -3.00. The van der Waals surface area contributed by atoms with Crippen LogP contribution in [0.2, 0.25) is 10.0 Å². The molecule has 0 unspecified atom stereocenters. The Morgan fingerprint density at radius 2 is 1.59 bits per heavy atom. The van der Waals surface area contributed by atoms with Crippen LogP contribution in [0.25, 0.3) is 0 Å². The molecule has 2 aromatic carbocycles. The smallest absolute Gasteiger partial charge is 0.146 e. The van der Waals surface area contributed by atoms with Crippen LogP contribution in [-0.2, 0) is 0 Å². The van der Waals surface area contributed by atoms with Crippen LogP contribution in [0.1, 0.15) is 0 Å². The summed E-state index contributed by atoms with van der Waals surface area (Å²) in [7, 11) is 0. The molecule has 0 saturated carbocycles. The van der Waals surface area contributed by atoms with Gasteiger partial charge in [0, 0.05) is 17.2 Å². The zero-order valence-corrected chi connectivity index (χ0v) is 11.1. The first-order valence-electron chi connectivity index (χ1n) is 4.70. The molecule has 3 N–H and O–H groups in total. The van der Waals surface area contributed by atoms with E-state index < -0.39 is 0 Å². The third-order valence-electron chi connectivity index (χ3n) is 2.05. The number of hydrogen-bond donors (Lipinski definition) is 1. The first kappa shape index (κ1) is 14.1.